The van der Waals surface area contributed by atoms with Crippen molar-refractivity contribution in [3.05, 3.63) is 33.9 Å². The largest absolute Gasteiger partial charge is 0.378 e. The standard InChI is InChI=1S/C14H19N3O3S/c1-15-14(18)10-5-6-12(13(8-10)17(19)20)16-9-11-4-2-3-7-21-11/h5-6,8,11,16H,2-4,7,9H2,1H3,(H,15,18). The molecule has 21 heavy (non-hydrogen) atoms. The maximum absolute atomic E-state index is 11.5. The summed E-state index contributed by atoms with van der Waals surface area (Å²) in [6, 6.07) is 4.52. The summed E-state index contributed by atoms with van der Waals surface area (Å²) >= 11 is 1.91. The average Bonchev–Trinajstić information content (AvgIpc) is 2.52. The van der Waals surface area contributed by atoms with Crippen molar-refractivity contribution in [3.8, 4) is 0 Å². The molecule has 2 N–H and O–H groups in total. The minimum absolute atomic E-state index is 0.0584. The molecule has 1 atom stereocenters. The molecule has 0 bridgehead atoms. The van der Waals surface area contributed by atoms with Crippen molar-refractivity contribution >= 4 is 29.0 Å². The van der Waals surface area contributed by atoms with E-state index in [1.54, 1.807) is 12.1 Å². The fourth-order valence-corrected chi connectivity index (χ4v) is 3.55. The van der Waals surface area contributed by atoms with Crippen LogP contribution in [0.4, 0.5) is 11.4 Å². The van der Waals surface area contributed by atoms with Crippen molar-refractivity contribution in [2.75, 3.05) is 24.7 Å². The van der Waals surface area contributed by atoms with E-state index in [1.807, 2.05) is 11.8 Å². The molecule has 1 saturated heterocycles. The minimum atomic E-state index is -0.456. The summed E-state index contributed by atoms with van der Waals surface area (Å²) in [4.78, 5) is 22.3. The number of nitrogens with one attached hydrogen (secondary N) is 2. The molecule has 0 spiro atoms. The minimum Gasteiger partial charge on any atom is -0.378 e. The van der Waals surface area contributed by atoms with Gasteiger partial charge in [-0.1, -0.05) is 6.42 Å². The van der Waals surface area contributed by atoms with Crippen molar-refractivity contribution in [2.45, 2.75) is 24.5 Å². The lowest BCUT2D eigenvalue weighted by atomic mass is 10.1. The second-order valence-corrected chi connectivity index (χ2v) is 6.35. The molecule has 1 aromatic carbocycles. The van der Waals surface area contributed by atoms with Gasteiger partial charge >= 0.3 is 0 Å². The van der Waals surface area contributed by atoms with Crippen LogP contribution < -0.4 is 10.6 Å². The van der Waals surface area contributed by atoms with Gasteiger partial charge in [-0.25, -0.2) is 0 Å². The van der Waals surface area contributed by atoms with Crippen molar-refractivity contribution < 1.29 is 9.72 Å². The van der Waals surface area contributed by atoms with Crippen molar-refractivity contribution in [1.82, 2.24) is 5.32 Å². The lowest BCUT2D eigenvalue weighted by molar-refractivity contribution is -0.384. The number of amides is 1. The number of benzene rings is 1. The quantitative estimate of drug-likeness (QED) is 0.645. The zero-order valence-corrected chi connectivity index (χ0v) is 12.7. The molecule has 1 aromatic rings. The maximum atomic E-state index is 11.5. The molecule has 2 rings (SSSR count). The third-order valence-corrected chi connectivity index (χ3v) is 4.88. The van der Waals surface area contributed by atoms with E-state index in [0.717, 1.165) is 12.2 Å². The van der Waals surface area contributed by atoms with Gasteiger partial charge in [0.1, 0.15) is 5.69 Å². The lowest BCUT2D eigenvalue weighted by Gasteiger charge is -2.21. The van der Waals surface area contributed by atoms with Crippen LogP contribution in [0.5, 0.6) is 0 Å². The molecule has 1 fully saturated rings. The molecule has 1 aliphatic rings. The average molecular weight is 309 g/mol. The van der Waals surface area contributed by atoms with Crippen LogP contribution in [0.2, 0.25) is 0 Å². The number of carbonyl (C=O) groups excluding carboxylic acids is 1. The van der Waals surface area contributed by atoms with Crippen molar-refractivity contribution in [2.24, 2.45) is 0 Å². The number of rotatable bonds is 5. The number of hydrogen-bond acceptors (Lipinski definition) is 5. The van der Waals surface area contributed by atoms with E-state index in [2.05, 4.69) is 10.6 Å². The van der Waals surface area contributed by atoms with Gasteiger partial charge in [0.2, 0.25) is 0 Å². The highest BCUT2D eigenvalue weighted by Crippen LogP contribution is 2.29. The predicted molar refractivity (Wildman–Crippen MR) is 85.1 cm³/mol. The predicted octanol–water partition coefficient (Wildman–Crippen LogP) is 2.65. The topological polar surface area (TPSA) is 84.3 Å². The SMILES string of the molecule is CNC(=O)c1ccc(NCC2CCCCS2)c([N+](=O)[O-])c1. The van der Waals surface area contributed by atoms with Gasteiger partial charge in [0.05, 0.1) is 4.92 Å². The third kappa shape index (κ3) is 4.10. The van der Waals surface area contributed by atoms with E-state index in [0.29, 0.717) is 23.0 Å². The first-order valence-corrected chi connectivity index (χ1v) is 8.02. The Morgan fingerprint density at radius 3 is 2.90 bits per heavy atom. The first-order valence-electron chi connectivity index (χ1n) is 6.98. The van der Waals surface area contributed by atoms with Crippen LogP contribution in [0, 0.1) is 10.1 Å². The Kier molecular flexibility index (Phi) is 5.44. The molecule has 1 aliphatic heterocycles. The Morgan fingerprint density at radius 2 is 2.29 bits per heavy atom. The van der Waals surface area contributed by atoms with Gasteiger partial charge < -0.3 is 10.6 Å². The molecule has 0 aromatic heterocycles. The van der Waals surface area contributed by atoms with E-state index in [1.165, 1.54) is 26.0 Å². The second kappa shape index (κ2) is 7.31. The molecular formula is C14H19N3O3S. The summed E-state index contributed by atoms with van der Waals surface area (Å²) in [5.41, 5.74) is 0.706. The molecule has 1 heterocycles. The van der Waals surface area contributed by atoms with Gasteiger partial charge in [-0.05, 0) is 30.7 Å². The first-order chi connectivity index (χ1) is 10.1. The van der Waals surface area contributed by atoms with Gasteiger partial charge in [0, 0.05) is 30.5 Å². The lowest BCUT2D eigenvalue weighted by Crippen LogP contribution is -2.21. The molecular weight excluding hydrogens is 290 g/mol. The van der Waals surface area contributed by atoms with E-state index < -0.39 is 4.92 Å². The highest BCUT2D eigenvalue weighted by molar-refractivity contribution is 7.99. The molecule has 1 unspecified atom stereocenters. The summed E-state index contributed by atoms with van der Waals surface area (Å²) in [7, 11) is 1.50. The van der Waals surface area contributed by atoms with Gasteiger partial charge in [-0.3, -0.25) is 14.9 Å². The van der Waals surface area contributed by atoms with Crippen LogP contribution in [0.1, 0.15) is 29.6 Å². The number of nitro benzene ring substituents is 1. The molecule has 1 amide bonds. The summed E-state index contributed by atoms with van der Waals surface area (Å²) in [6.07, 6.45) is 3.61. The highest BCUT2D eigenvalue weighted by atomic mass is 32.2. The zero-order chi connectivity index (χ0) is 15.2. The summed E-state index contributed by atoms with van der Waals surface area (Å²) < 4.78 is 0. The number of anilines is 1. The fourth-order valence-electron chi connectivity index (χ4n) is 2.31. The monoisotopic (exact) mass is 309 g/mol. The molecule has 7 heteroatoms. The van der Waals surface area contributed by atoms with E-state index in [4.69, 9.17) is 0 Å². The third-order valence-electron chi connectivity index (χ3n) is 3.48. The first kappa shape index (κ1) is 15.6. The maximum Gasteiger partial charge on any atom is 0.293 e. The van der Waals surface area contributed by atoms with Gasteiger partial charge in [0.15, 0.2) is 0 Å². The smallest absolute Gasteiger partial charge is 0.293 e. The van der Waals surface area contributed by atoms with Crippen LogP contribution >= 0.6 is 11.8 Å². The van der Waals surface area contributed by atoms with Crippen LogP contribution in [-0.2, 0) is 0 Å². The Balaban J connectivity index is 2.10. The van der Waals surface area contributed by atoms with Crippen LogP contribution in [0.3, 0.4) is 0 Å². The molecule has 0 aliphatic carbocycles. The highest BCUT2D eigenvalue weighted by Gasteiger charge is 2.19. The summed E-state index contributed by atoms with van der Waals surface area (Å²) in [6.45, 7) is 0.713. The fraction of sp³-hybridized carbons (Fsp3) is 0.500. The van der Waals surface area contributed by atoms with Gasteiger partial charge in [0.25, 0.3) is 11.6 Å². The molecule has 0 radical (unpaired) electrons. The Hall–Kier alpha value is -1.76. The van der Waals surface area contributed by atoms with E-state index in [-0.39, 0.29) is 11.6 Å². The normalized spacial score (nSPS) is 18.0. The number of carbonyl (C=O) groups is 1. The number of nitro groups is 1. The number of thioether (sulfide) groups is 1. The van der Waals surface area contributed by atoms with E-state index >= 15 is 0 Å². The van der Waals surface area contributed by atoms with Crippen molar-refractivity contribution in [3.63, 3.8) is 0 Å². The van der Waals surface area contributed by atoms with Gasteiger partial charge in [-0.15, -0.1) is 0 Å². The van der Waals surface area contributed by atoms with Crippen LogP contribution in [-0.4, -0.2) is 35.4 Å². The van der Waals surface area contributed by atoms with Crippen molar-refractivity contribution in [1.29, 1.82) is 0 Å². The summed E-state index contributed by atoms with van der Waals surface area (Å²) in [5.74, 6) is 0.830. The number of hydrogen-bond donors (Lipinski definition) is 2. The molecule has 114 valence electrons. The van der Waals surface area contributed by atoms with Crippen LogP contribution in [0.25, 0.3) is 0 Å². The second-order valence-electron chi connectivity index (χ2n) is 4.94. The Labute approximate surface area is 127 Å². The van der Waals surface area contributed by atoms with Crippen LogP contribution in [0.15, 0.2) is 18.2 Å². The Bertz CT molecular complexity index is 530. The molecule has 6 nitrogen and oxygen atoms in total. The van der Waals surface area contributed by atoms with E-state index in [9.17, 15) is 14.9 Å². The Morgan fingerprint density at radius 1 is 1.48 bits per heavy atom. The number of nitrogens with zero attached hydrogens (tertiary/aromatic N) is 1. The molecule has 0 saturated carbocycles. The van der Waals surface area contributed by atoms with Gasteiger partial charge in [-0.2, -0.15) is 11.8 Å². The summed E-state index contributed by atoms with van der Waals surface area (Å²) in [5, 5.41) is 17.3. The zero-order valence-electron chi connectivity index (χ0n) is 11.9.